The number of hydrogen-bond donors (Lipinski definition) is 0. The maximum absolute atomic E-state index is 5.85. The number of aryl methyl sites for hydroxylation is 2. The van der Waals surface area contributed by atoms with Gasteiger partial charge in [0.05, 0.1) is 0 Å². The summed E-state index contributed by atoms with van der Waals surface area (Å²) in [6.07, 6.45) is 0. The average molecular weight is 217 g/mol. The lowest BCUT2D eigenvalue weighted by Gasteiger charge is -2.30. The molecule has 0 amide bonds. The van der Waals surface area contributed by atoms with Gasteiger partial charge in [-0.2, -0.15) is 0 Å². The summed E-state index contributed by atoms with van der Waals surface area (Å²) in [6, 6.07) is 6.39. The predicted octanol–water partition coefficient (Wildman–Crippen LogP) is 3.00. The molecule has 0 fully saturated rings. The Hall–Kier alpha value is -0.755. The minimum Gasteiger partial charge on any atom is -0.429 e. The highest BCUT2D eigenvalue weighted by Crippen LogP contribution is 2.19. The van der Waals surface area contributed by atoms with Gasteiger partial charge in [0.15, 0.2) is 0 Å². The standard InChI is InChI=1S/C14H22BO/c1-10(2)14(5,6)16-15-13-8-7-11(3)12(4)9-13/h7-10H,1-6H3. The largest absolute Gasteiger partial charge is 0.429 e. The van der Waals surface area contributed by atoms with Crippen LogP contribution in [0.4, 0.5) is 0 Å². The van der Waals surface area contributed by atoms with Crippen molar-refractivity contribution in [3.8, 4) is 0 Å². The second kappa shape index (κ2) is 5.05. The molecule has 0 saturated carbocycles. The maximum atomic E-state index is 5.85. The van der Waals surface area contributed by atoms with Gasteiger partial charge in [0.2, 0.25) is 0 Å². The van der Waals surface area contributed by atoms with Gasteiger partial charge in [0.25, 0.3) is 0 Å². The summed E-state index contributed by atoms with van der Waals surface area (Å²) in [7, 11) is 1.87. The Balaban J connectivity index is 2.65. The van der Waals surface area contributed by atoms with E-state index in [0.717, 1.165) is 5.46 Å². The lowest BCUT2D eigenvalue weighted by Crippen LogP contribution is -2.36. The first-order valence-electron chi connectivity index (χ1n) is 5.91. The van der Waals surface area contributed by atoms with Gasteiger partial charge in [-0.15, -0.1) is 0 Å². The SMILES string of the molecule is Cc1ccc([B]OC(C)(C)C(C)C)cc1C. The quantitative estimate of drug-likeness (QED) is 0.704. The maximum Gasteiger partial charge on any atom is 0.330 e. The van der Waals surface area contributed by atoms with Crippen LogP contribution in [0.25, 0.3) is 0 Å². The zero-order valence-corrected chi connectivity index (χ0v) is 11.3. The second-order valence-corrected chi connectivity index (χ2v) is 5.34. The Labute approximate surface area is 100 Å². The molecule has 1 radical (unpaired) electrons. The molecule has 0 atom stereocenters. The van der Waals surface area contributed by atoms with E-state index in [1.54, 1.807) is 0 Å². The molecule has 0 bridgehead atoms. The summed E-state index contributed by atoms with van der Waals surface area (Å²) in [5.74, 6) is 0.496. The number of hydrogen-bond acceptors (Lipinski definition) is 1. The van der Waals surface area contributed by atoms with Crippen molar-refractivity contribution in [2.75, 3.05) is 0 Å². The molecule has 0 saturated heterocycles. The van der Waals surface area contributed by atoms with Crippen LogP contribution < -0.4 is 5.46 Å². The monoisotopic (exact) mass is 217 g/mol. The van der Waals surface area contributed by atoms with E-state index in [1.165, 1.54) is 11.1 Å². The first-order chi connectivity index (χ1) is 7.33. The summed E-state index contributed by atoms with van der Waals surface area (Å²) in [5, 5.41) is 0. The Kier molecular flexibility index (Phi) is 4.20. The highest BCUT2D eigenvalue weighted by Gasteiger charge is 2.22. The van der Waals surface area contributed by atoms with Crippen LogP contribution in [0.15, 0.2) is 18.2 Å². The summed E-state index contributed by atoms with van der Waals surface area (Å²) in [6.45, 7) is 12.8. The Bertz CT molecular complexity index is 356. The van der Waals surface area contributed by atoms with E-state index < -0.39 is 0 Å². The van der Waals surface area contributed by atoms with Crippen LogP contribution in [0.3, 0.4) is 0 Å². The zero-order chi connectivity index (χ0) is 12.3. The molecule has 1 aromatic rings. The Morgan fingerprint density at radius 1 is 1.12 bits per heavy atom. The third-order valence-corrected chi connectivity index (χ3v) is 3.42. The van der Waals surface area contributed by atoms with E-state index in [1.807, 2.05) is 7.48 Å². The lowest BCUT2D eigenvalue weighted by molar-refractivity contribution is 0.0668. The number of rotatable bonds is 4. The van der Waals surface area contributed by atoms with Crippen LogP contribution in [0.1, 0.15) is 38.8 Å². The highest BCUT2D eigenvalue weighted by atomic mass is 16.5. The Morgan fingerprint density at radius 2 is 1.75 bits per heavy atom. The topological polar surface area (TPSA) is 9.23 Å². The average Bonchev–Trinajstić information content (AvgIpc) is 2.20. The van der Waals surface area contributed by atoms with Crippen molar-refractivity contribution in [3.63, 3.8) is 0 Å². The highest BCUT2D eigenvalue weighted by molar-refractivity contribution is 6.47. The molecule has 0 spiro atoms. The molecule has 0 unspecified atom stereocenters. The molecule has 0 aliphatic carbocycles. The fourth-order valence-electron chi connectivity index (χ4n) is 1.19. The first kappa shape index (κ1) is 13.3. The molecule has 0 aliphatic heterocycles. The summed E-state index contributed by atoms with van der Waals surface area (Å²) >= 11 is 0. The molecule has 16 heavy (non-hydrogen) atoms. The van der Waals surface area contributed by atoms with Gasteiger partial charge < -0.3 is 4.65 Å². The van der Waals surface area contributed by atoms with Gasteiger partial charge in [-0.25, -0.2) is 0 Å². The van der Waals surface area contributed by atoms with Gasteiger partial charge in [0.1, 0.15) is 0 Å². The van der Waals surface area contributed by atoms with Crippen LogP contribution in [-0.4, -0.2) is 13.1 Å². The van der Waals surface area contributed by atoms with Crippen molar-refractivity contribution >= 4 is 12.9 Å². The minimum absolute atomic E-state index is 0.112. The molecule has 0 heterocycles. The van der Waals surface area contributed by atoms with Crippen molar-refractivity contribution < 1.29 is 4.65 Å². The van der Waals surface area contributed by atoms with E-state index in [0.29, 0.717) is 5.92 Å². The molecule has 0 aliphatic rings. The van der Waals surface area contributed by atoms with Gasteiger partial charge in [-0.05, 0) is 44.7 Å². The molecule has 1 nitrogen and oxygen atoms in total. The fourth-order valence-corrected chi connectivity index (χ4v) is 1.19. The van der Waals surface area contributed by atoms with Crippen LogP contribution in [0, 0.1) is 19.8 Å². The summed E-state index contributed by atoms with van der Waals surface area (Å²) < 4.78 is 5.85. The third-order valence-electron chi connectivity index (χ3n) is 3.42. The van der Waals surface area contributed by atoms with Crippen LogP contribution in [-0.2, 0) is 4.65 Å². The molecular weight excluding hydrogens is 195 g/mol. The van der Waals surface area contributed by atoms with Gasteiger partial charge in [-0.1, -0.05) is 37.5 Å². The summed E-state index contributed by atoms with van der Waals surface area (Å²) in [5.41, 5.74) is 3.65. The molecule has 1 rings (SSSR count). The van der Waals surface area contributed by atoms with Crippen molar-refractivity contribution in [1.29, 1.82) is 0 Å². The Morgan fingerprint density at radius 3 is 2.25 bits per heavy atom. The molecule has 2 heteroatoms. The van der Waals surface area contributed by atoms with E-state index in [4.69, 9.17) is 4.65 Å². The van der Waals surface area contributed by atoms with Crippen LogP contribution in [0.5, 0.6) is 0 Å². The number of benzene rings is 1. The fraction of sp³-hybridized carbons (Fsp3) is 0.571. The minimum atomic E-state index is -0.112. The van der Waals surface area contributed by atoms with Crippen molar-refractivity contribution in [2.24, 2.45) is 5.92 Å². The summed E-state index contributed by atoms with van der Waals surface area (Å²) in [4.78, 5) is 0. The van der Waals surface area contributed by atoms with E-state index >= 15 is 0 Å². The van der Waals surface area contributed by atoms with Crippen LogP contribution >= 0.6 is 0 Å². The lowest BCUT2D eigenvalue weighted by atomic mass is 9.83. The zero-order valence-electron chi connectivity index (χ0n) is 11.3. The van der Waals surface area contributed by atoms with Crippen molar-refractivity contribution in [2.45, 2.75) is 47.1 Å². The van der Waals surface area contributed by atoms with E-state index in [2.05, 4.69) is 59.7 Å². The van der Waals surface area contributed by atoms with Gasteiger partial charge in [0, 0.05) is 5.60 Å². The normalized spacial score (nSPS) is 11.9. The third kappa shape index (κ3) is 3.38. The molecule has 1 aromatic carbocycles. The smallest absolute Gasteiger partial charge is 0.330 e. The first-order valence-corrected chi connectivity index (χ1v) is 5.91. The van der Waals surface area contributed by atoms with Gasteiger partial charge in [-0.3, -0.25) is 0 Å². The molecule has 0 N–H and O–H groups in total. The van der Waals surface area contributed by atoms with Crippen LogP contribution in [0.2, 0.25) is 0 Å². The molecular formula is C14H22BO. The van der Waals surface area contributed by atoms with Gasteiger partial charge >= 0.3 is 7.48 Å². The van der Waals surface area contributed by atoms with E-state index in [9.17, 15) is 0 Å². The predicted molar refractivity (Wildman–Crippen MR) is 71.3 cm³/mol. The van der Waals surface area contributed by atoms with E-state index in [-0.39, 0.29) is 5.60 Å². The molecule has 87 valence electrons. The second-order valence-electron chi connectivity index (χ2n) is 5.34. The van der Waals surface area contributed by atoms with Crippen molar-refractivity contribution in [3.05, 3.63) is 29.3 Å². The van der Waals surface area contributed by atoms with Crippen molar-refractivity contribution in [1.82, 2.24) is 0 Å². The molecule has 0 aromatic heterocycles.